The Kier molecular flexibility index (Phi) is 24.6. The molecule has 0 saturated heterocycles. The van der Waals surface area contributed by atoms with Gasteiger partial charge in [-0.3, -0.25) is 4.79 Å². The summed E-state index contributed by atoms with van der Waals surface area (Å²) >= 11 is 0. The predicted molar refractivity (Wildman–Crippen MR) is 89.3 cm³/mol. The molecule has 0 radical (unpaired) electrons. The standard InChI is InChI=1S/C10H18N2O3.2C2H6.CH5N/c1-7(14)8(10(2,3)4)12-9(15)11-5-6-13;3*1-2/h6,8H,5H2,1-4H3,(H2,11,12,15);2*1-2H3;2H2,1H3. The van der Waals surface area contributed by atoms with Crippen LogP contribution < -0.4 is 16.4 Å². The molecule has 128 valence electrons. The predicted octanol–water partition coefficient (Wildman–Crippen LogP) is 2.12. The van der Waals surface area contributed by atoms with Gasteiger partial charge >= 0.3 is 6.03 Å². The van der Waals surface area contributed by atoms with Crippen LogP contribution in [0.25, 0.3) is 0 Å². The average Bonchev–Trinajstić information content (AvgIpc) is 2.47. The summed E-state index contributed by atoms with van der Waals surface area (Å²) < 4.78 is 0. The van der Waals surface area contributed by atoms with Gasteiger partial charge in [0.2, 0.25) is 0 Å². The van der Waals surface area contributed by atoms with E-state index in [9.17, 15) is 14.4 Å². The molecule has 0 aliphatic rings. The Bertz CT molecular complexity index is 261. The molecule has 0 fully saturated rings. The van der Waals surface area contributed by atoms with Crippen LogP contribution in [0.15, 0.2) is 0 Å². The van der Waals surface area contributed by atoms with Crippen molar-refractivity contribution in [3.8, 4) is 0 Å². The van der Waals surface area contributed by atoms with E-state index in [0.717, 1.165) is 0 Å². The minimum Gasteiger partial charge on any atom is -0.333 e. The number of nitrogens with two attached hydrogens (primary N) is 1. The van der Waals surface area contributed by atoms with Crippen LogP contribution in [0.5, 0.6) is 0 Å². The van der Waals surface area contributed by atoms with Crippen LogP contribution in [0.3, 0.4) is 0 Å². The van der Waals surface area contributed by atoms with Crippen molar-refractivity contribution in [2.75, 3.05) is 13.6 Å². The maximum absolute atomic E-state index is 11.3. The molecular weight excluding hydrogens is 270 g/mol. The lowest BCUT2D eigenvalue weighted by Gasteiger charge is -2.29. The number of Topliss-reactive ketones (excluding diaryl/α,β-unsaturated/α-hetero) is 1. The third-order valence-corrected chi connectivity index (χ3v) is 1.89. The van der Waals surface area contributed by atoms with Crippen LogP contribution in [0, 0.1) is 5.41 Å². The number of ketones is 1. The Morgan fingerprint density at radius 2 is 1.48 bits per heavy atom. The summed E-state index contributed by atoms with van der Waals surface area (Å²) in [7, 11) is 1.50. The van der Waals surface area contributed by atoms with E-state index in [4.69, 9.17) is 0 Å². The van der Waals surface area contributed by atoms with Crippen LogP contribution in [0.1, 0.15) is 55.4 Å². The van der Waals surface area contributed by atoms with Gasteiger partial charge < -0.3 is 21.2 Å². The molecule has 6 heteroatoms. The molecule has 0 saturated carbocycles. The fourth-order valence-electron chi connectivity index (χ4n) is 1.24. The molecule has 1 atom stereocenters. The van der Waals surface area contributed by atoms with Gasteiger partial charge in [-0.25, -0.2) is 4.79 Å². The van der Waals surface area contributed by atoms with Crippen LogP contribution in [0.4, 0.5) is 4.79 Å². The lowest BCUT2D eigenvalue weighted by Crippen LogP contribution is -2.51. The second-order valence-corrected chi connectivity index (χ2v) is 4.43. The first-order valence-corrected chi connectivity index (χ1v) is 7.35. The van der Waals surface area contributed by atoms with Crippen molar-refractivity contribution < 1.29 is 14.4 Å². The molecule has 0 aromatic carbocycles. The average molecular weight is 305 g/mol. The van der Waals surface area contributed by atoms with E-state index in [1.165, 1.54) is 14.0 Å². The second kappa shape index (κ2) is 18.6. The Morgan fingerprint density at radius 3 is 1.71 bits per heavy atom. The fraction of sp³-hybridized carbons (Fsp3) is 0.800. The summed E-state index contributed by atoms with van der Waals surface area (Å²) in [6.07, 6.45) is 0.583. The highest BCUT2D eigenvalue weighted by Gasteiger charge is 2.29. The van der Waals surface area contributed by atoms with Crippen molar-refractivity contribution >= 4 is 18.1 Å². The fourth-order valence-corrected chi connectivity index (χ4v) is 1.24. The monoisotopic (exact) mass is 305 g/mol. The van der Waals surface area contributed by atoms with E-state index in [1.54, 1.807) is 0 Å². The molecule has 0 aliphatic heterocycles. The number of rotatable bonds is 4. The third-order valence-electron chi connectivity index (χ3n) is 1.89. The Labute approximate surface area is 130 Å². The SMILES string of the molecule is CC.CC.CC(=O)C(NC(=O)NCC=O)C(C)(C)C.CN. The number of urea groups is 1. The molecule has 0 spiro atoms. The Morgan fingerprint density at radius 1 is 1.10 bits per heavy atom. The molecule has 6 nitrogen and oxygen atoms in total. The van der Waals surface area contributed by atoms with Gasteiger partial charge in [0, 0.05) is 0 Å². The summed E-state index contributed by atoms with van der Waals surface area (Å²) in [4.78, 5) is 32.5. The zero-order valence-electron chi connectivity index (χ0n) is 15.2. The van der Waals surface area contributed by atoms with Gasteiger partial charge in [-0.15, -0.1) is 0 Å². The molecule has 0 aliphatic carbocycles. The van der Waals surface area contributed by atoms with Crippen molar-refractivity contribution in [3.05, 3.63) is 0 Å². The lowest BCUT2D eigenvalue weighted by molar-refractivity contribution is -0.121. The molecule has 0 rings (SSSR count). The molecule has 4 N–H and O–H groups in total. The molecule has 2 amide bonds. The maximum Gasteiger partial charge on any atom is 0.315 e. The van der Waals surface area contributed by atoms with E-state index >= 15 is 0 Å². The van der Waals surface area contributed by atoms with E-state index in [0.29, 0.717) is 6.29 Å². The zero-order valence-corrected chi connectivity index (χ0v) is 15.2. The number of hydrogen-bond donors (Lipinski definition) is 3. The highest BCUT2D eigenvalue weighted by Crippen LogP contribution is 2.19. The first-order valence-electron chi connectivity index (χ1n) is 7.35. The van der Waals surface area contributed by atoms with E-state index in [1.807, 2.05) is 48.5 Å². The number of amides is 2. The van der Waals surface area contributed by atoms with Gasteiger partial charge in [-0.1, -0.05) is 48.5 Å². The highest BCUT2D eigenvalue weighted by molar-refractivity contribution is 5.87. The quantitative estimate of drug-likeness (QED) is 0.692. The van der Waals surface area contributed by atoms with Crippen molar-refractivity contribution in [2.45, 2.75) is 61.4 Å². The second-order valence-electron chi connectivity index (χ2n) is 4.43. The first kappa shape index (κ1) is 27.8. The van der Waals surface area contributed by atoms with E-state index in [2.05, 4.69) is 16.4 Å². The number of carbonyl (C=O) groups excluding carboxylic acids is 3. The Balaban J connectivity index is -0.000000212. The Hall–Kier alpha value is -1.43. The van der Waals surface area contributed by atoms with Crippen molar-refractivity contribution in [3.63, 3.8) is 0 Å². The topological polar surface area (TPSA) is 101 Å². The summed E-state index contributed by atoms with van der Waals surface area (Å²) in [6, 6.07) is -1.05. The smallest absolute Gasteiger partial charge is 0.315 e. The number of nitrogens with one attached hydrogen (secondary N) is 2. The van der Waals surface area contributed by atoms with Gasteiger partial charge in [0.1, 0.15) is 6.29 Å². The summed E-state index contributed by atoms with van der Waals surface area (Å²) in [5.74, 6) is -0.108. The third kappa shape index (κ3) is 18.6. The maximum atomic E-state index is 11.3. The molecule has 1 unspecified atom stereocenters. The number of carbonyl (C=O) groups is 3. The minimum atomic E-state index is -0.552. The zero-order chi connectivity index (χ0) is 18.1. The van der Waals surface area contributed by atoms with Gasteiger partial charge in [-0.05, 0) is 19.4 Å². The normalized spacial score (nSPS) is 10.0. The largest absolute Gasteiger partial charge is 0.333 e. The van der Waals surface area contributed by atoms with Crippen LogP contribution in [-0.4, -0.2) is 37.7 Å². The van der Waals surface area contributed by atoms with Crippen molar-refractivity contribution in [1.82, 2.24) is 10.6 Å². The van der Waals surface area contributed by atoms with Crippen molar-refractivity contribution in [1.29, 1.82) is 0 Å². The minimum absolute atomic E-state index is 0.0550. The molecular formula is C15H35N3O3. The summed E-state index contributed by atoms with van der Waals surface area (Å²) in [5, 5.41) is 4.85. The molecule has 0 aromatic heterocycles. The summed E-state index contributed by atoms with van der Waals surface area (Å²) in [6.45, 7) is 15.0. The molecule has 0 heterocycles. The van der Waals surface area contributed by atoms with Crippen LogP contribution in [0.2, 0.25) is 0 Å². The highest BCUT2D eigenvalue weighted by atomic mass is 16.2. The van der Waals surface area contributed by atoms with Gasteiger partial charge in [0.05, 0.1) is 12.6 Å². The summed E-state index contributed by atoms with van der Waals surface area (Å²) in [5.41, 5.74) is 4.16. The van der Waals surface area contributed by atoms with Gasteiger partial charge in [0.15, 0.2) is 5.78 Å². The van der Waals surface area contributed by atoms with Crippen LogP contribution in [-0.2, 0) is 9.59 Å². The van der Waals surface area contributed by atoms with Gasteiger partial charge in [-0.2, -0.15) is 0 Å². The lowest BCUT2D eigenvalue weighted by atomic mass is 9.84. The van der Waals surface area contributed by atoms with Crippen LogP contribution >= 0.6 is 0 Å². The molecule has 0 aromatic rings. The van der Waals surface area contributed by atoms with E-state index in [-0.39, 0.29) is 17.7 Å². The number of aldehydes is 1. The van der Waals surface area contributed by atoms with E-state index < -0.39 is 12.1 Å². The van der Waals surface area contributed by atoms with Gasteiger partial charge in [0.25, 0.3) is 0 Å². The molecule has 0 bridgehead atoms. The number of hydrogen-bond acceptors (Lipinski definition) is 4. The van der Waals surface area contributed by atoms with Crippen molar-refractivity contribution in [2.24, 2.45) is 11.1 Å². The first-order chi connectivity index (χ1) is 9.79. The molecule has 21 heavy (non-hydrogen) atoms.